The van der Waals surface area contributed by atoms with Crippen LogP contribution in [0.25, 0.3) is 0 Å². The van der Waals surface area contributed by atoms with Crippen LogP contribution >= 0.6 is 0 Å². The van der Waals surface area contributed by atoms with Crippen LogP contribution in [-0.2, 0) is 29.9 Å². The van der Waals surface area contributed by atoms with Crippen LogP contribution in [0, 0.1) is 5.92 Å². The highest BCUT2D eigenvalue weighted by Crippen LogP contribution is 2.24. The number of ether oxygens (including phenoxy) is 1. The van der Waals surface area contributed by atoms with Crippen molar-refractivity contribution in [2.75, 3.05) is 0 Å². The van der Waals surface area contributed by atoms with Gasteiger partial charge in [0, 0.05) is 18.4 Å². The second-order valence-corrected chi connectivity index (χ2v) is 9.93. The lowest BCUT2D eigenvalue weighted by Gasteiger charge is -2.32. The predicted molar refractivity (Wildman–Crippen MR) is 147 cm³/mol. The molecule has 0 spiro atoms. The summed E-state index contributed by atoms with van der Waals surface area (Å²) >= 11 is 0. The van der Waals surface area contributed by atoms with Crippen LogP contribution in [-0.4, -0.2) is 21.5 Å². The molecule has 4 rings (SSSR count). The van der Waals surface area contributed by atoms with Gasteiger partial charge in [-0.2, -0.15) is 4.68 Å². The first kappa shape index (κ1) is 27.6. The van der Waals surface area contributed by atoms with Crippen molar-refractivity contribution in [2.45, 2.75) is 52.3 Å². The van der Waals surface area contributed by atoms with Crippen LogP contribution in [0.2, 0.25) is 0 Å². The minimum absolute atomic E-state index is 0.0423. The zero-order valence-corrected chi connectivity index (χ0v) is 22.4. The van der Waals surface area contributed by atoms with Gasteiger partial charge in [0.1, 0.15) is 12.4 Å². The molecule has 0 aliphatic carbocycles. The number of hydrogen-bond donors (Lipinski definition) is 1. The van der Waals surface area contributed by atoms with E-state index in [0.29, 0.717) is 30.8 Å². The standard InChI is InChI=1S/C31H33N3O5/c1-22(2)20-31(23(3)35,34-30(37)39-28(33-34)19-14-24-10-6-4-7-11-24)32-29(36)26-15-17-27(18-16-26)38-21-25-12-8-5-9-13-25/h4-13,15-18,22H,14,19-21H2,1-3H3,(H,32,36). The monoisotopic (exact) mass is 527 g/mol. The van der Waals surface area contributed by atoms with E-state index >= 15 is 0 Å². The van der Waals surface area contributed by atoms with Crippen LogP contribution in [0.5, 0.6) is 5.75 Å². The topological polar surface area (TPSA) is 103 Å². The maximum atomic E-state index is 13.4. The van der Waals surface area contributed by atoms with Gasteiger partial charge in [0.15, 0.2) is 11.4 Å². The lowest BCUT2D eigenvalue weighted by Crippen LogP contribution is -2.59. The average molecular weight is 528 g/mol. The van der Waals surface area contributed by atoms with Crippen LogP contribution in [0.15, 0.2) is 94.1 Å². The first-order valence-corrected chi connectivity index (χ1v) is 13.0. The number of nitrogens with one attached hydrogen (secondary N) is 1. The van der Waals surface area contributed by atoms with Crippen LogP contribution in [0.4, 0.5) is 0 Å². The van der Waals surface area contributed by atoms with Gasteiger partial charge in [0.05, 0.1) is 0 Å². The Hall–Kier alpha value is -4.46. The second kappa shape index (κ2) is 12.4. The average Bonchev–Trinajstić information content (AvgIpc) is 3.32. The Labute approximate surface area is 227 Å². The number of rotatable bonds is 12. The van der Waals surface area contributed by atoms with Gasteiger partial charge in [0.25, 0.3) is 5.91 Å². The summed E-state index contributed by atoms with van der Waals surface area (Å²) in [6.07, 6.45) is 1.15. The quantitative estimate of drug-likeness (QED) is 0.281. The fraction of sp³-hybridized carbons (Fsp3) is 0.290. The summed E-state index contributed by atoms with van der Waals surface area (Å²) in [5.41, 5.74) is 0.719. The molecule has 0 saturated heterocycles. The molecule has 39 heavy (non-hydrogen) atoms. The number of carbonyl (C=O) groups excluding carboxylic acids is 2. The number of carbonyl (C=O) groups is 2. The molecule has 4 aromatic rings. The summed E-state index contributed by atoms with van der Waals surface area (Å²) < 4.78 is 12.2. The van der Waals surface area contributed by atoms with E-state index in [-0.39, 0.29) is 18.2 Å². The molecular formula is C31H33N3O5. The third kappa shape index (κ3) is 6.90. The Kier molecular flexibility index (Phi) is 8.76. The normalized spacial score (nSPS) is 12.6. The van der Waals surface area contributed by atoms with Gasteiger partial charge in [-0.05, 0) is 54.7 Å². The smallest absolute Gasteiger partial charge is 0.439 e. The van der Waals surface area contributed by atoms with Crippen molar-refractivity contribution in [3.05, 3.63) is 118 Å². The highest BCUT2D eigenvalue weighted by Gasteiger charge is 2.43. The molecule has 0 aliphatic rings. The van der Waals surface area contributed by atoms with Gasteiger partial charge in [0.2, 0.25) is 5.89 Å². The lowest BCUT2D eigenvalue weighted by atomic mass is 9.93. The first-order valence-electron chi connectivity index (χ1n) is 13.0. The van der Waals surface area contributed by atoms with Crippen molar-refractivity contribution >= 4 is 11.7 Å². The van der Waals surface area contributed by atoms with E-state index in [4.69, 9.17) is 9.15 Å². The number of benzene rings is 3. The highest BCUT2D eigenvalue weighted by atomic mass is 16.5. The molecule has 8 heteroatoms. The third-order valence-corrected chi connectivity index (χ3v) is 6.39. The molecule has 1 amide bonds. The molecule has 0 fully saturated rings. The molecule has 1 unspecified atom stereocenters. The summed E-state index contributed by atoms with van der Waals surface area (Å²) in [7, 11) is 0. The molecule has 0 radical (unpaired) electrons. The number of ketones is 1. The Balaban J connectivity index is 1.54. The number of aryl methyl sites for hydroxylation is 2. The van der Waals surface area contributed by atoms with Gasteiger partial charge >= 0.3 is 5.76 Å². The van der Waals surface area contributed by atoms with Gasteiger partial charge in [-0.1, -0.05) is 74.5 Å². The molecule has 1 N–H and O–H groups in total. The molecule has 1 atom stereocenters. The van der Waals surface area contributed by atoms with Crippen LogP contribution in [0.3, 0.4) is 0 Å². The van der Waals surface area contributed by atoms with Gasteiger partial charge in [-0.3, -0.25) is 9.59 Å². The number of hydrogen-bond acceptors (Lipinski definition) is 6. The summed E-state index contributed by atoms with van der Waals surface area (Å²) in [6.45, 7) is 5.55. The second-order valence-electron chi connectivity index (χ2n) is 9.93. The lowest BCUT2D eigenvalue weighted by molar-refractivity contribution is -0.128. The number of nitrogens with zero attached hydrogens (tertiary/aromatic N) is 2. The zero-order chi connectivity index (χ0) is 27.8. The molecular weight excluding hydrogens is 494 g/mol. The number of Topliss-reactive ketones (excluding diaryl/α,β-unsaturated/α-hetero) is 1. The van der Waals surface area contributed by atoms with Crippen molar-refractivity contribution in [3.8, 4) is 5.75 Å². The summed E-state index contributed by atoms with van der Waals surface area (Å²) in [6, 6.07) is 26.1. The Bertz CT molecular complexity index is 1440. The zero-order valence-electron chi connectivity index (χ0n) is 22.4. The Morgan fingerprint density at radius 1 is 0.923 bits per heavy atom. The van der Waals surface area contributed by atoms with E-state index in [0.717, 1.165) is 15.8 Å². The molecule has 0 aliphatic heterocycles. The molecule has 1 heterocycles. The maximum Gasteiger partial charge on any atom is 0.439 e. The van der Waals surface area contributed by atoms with Crippen LogP contribution in [0.1, 0.15) is 54.6 Å². The Morgan fingerprint density at radius 3 is 2.13 bits per heavy atom. The first-order chi connectivity index (χ1) is 18.8. The fourth-order valence-electron chi connectivity index (χ4n) is 4.42. The summed E-state index contributed by atoms with van der Waals surface area (Å²) in [4.78, 5) is 39.4. The van der Waals surface area contributed by atoms with Gasteiger partial charge < -0.3 is 14.5 Å². The van der Waals surface area contributed by atoms with E-state index in [2.05, 4.69) is 10.4 Å². The minimum Gasteiger partial charge on any atom is -0.489 e. The molecule has 3 aromatic carbocycles. The van der Waals surface area contributed by atoms with Crippen LogP contribution < -0.4 is 15.8 Å². The Morgan fingerprint density at radius 2 is 1.54 bits per heavy atom. The molecule has 0 bridgehead atoms. The van der Waals surface area contributed by atoms with Crippen molar-refractivity contribution in [2.24, 2.45) is 5.92 Å². The molecule has 202 valence electrons. The van der Waals surface area contributed by atoms with Crippen molar-refractivity contribution in [1.82, 2.24) is 15.1 Å². The molecule has 8 nitrogen and oxygen atoms in total. The van der Waals surface area contributed by atoms with Crippen molar-refractivity contribution in [3.63, 3.8) is 0 Å². The molecule has 0 saturated carbocycles. The van der Waals surface area contributed by atoms with Gasteiger partial charge in [-0.15, -0.1) is 5.10 Å². The van der Waals surface area contributed by atoms with E-state index < -0.39 is 23.1 Å². The third-order valence-electron chi connectivity index (χ3n) is 6.39. The highest BCUT2D eigenvalue weighted by molar-refractivity contribution is 5.98. The van der Waals surface area contributed by atoms with E-state index in [9.17, 15) is 14.4 Å². The number of aromatic nitrogens is 2. The number of amides is 1. The van der Waals surface area contributed by atoms with Gasteiger partial charge in [-0.25, -0.2) is 4.79 Å². The minimum atomic E-state index is -1.70. The van der Waals surface area contributed by atoms with Crippen molar-refractivity contribution < 1.29 is 18.7 Å². The largest absolute Gasteiger partial charge is 0.489 e. The summed E-state index contributed by atoms with van der Waals surface area (Å²) in [5.74, 6) is -0.963. The molecule has 1 aromatic heterocycles. The predicted octanol–water partition coefficient (Wildman–Crippen LogP) is 4.92. The SMILES string of the molecule is CC(=O)C(CC(C)C)(NC(=O)c1ccc(OCc2ccccc2)cc1)n1nc(CCc2ccccc2)oc1=O. The fourth-order valence-corrected chi connectivity index (χ4v) is 4.42. The van der Waals surface area contributed by atoms with E-state index in [1.165, 1.54) is 6.92 Å². The van der Waals surface area contributed by atoms with E-state index in [1.54, 1.807) is 24.3 Å². The summed E-state index contributed by atoms with van der Waals surface area (Å²) in [5, 5.41) is 7.18. The maximum absolute atomic E-state index is 13.4. The van der Waals surface area contributed by atoms with E-state index in [1.807, 2.05) is 74.5 Å². The van der Waals surface area contributed by atoms with Crippen molar-refractivity contribution in [1.29, 1.82) is 0 Å².